The zero-order valence-electron chi connectivity index (χ0n) is 16.8. The minimum absolute atomic E-state index is 0.123. The van der Waals surface area contributed by atoms with Crippen molar-refractivity contribution in [3.63, 3.8) is 0 Å². The lowest BCUT2D eigenvalue weighted by molar-refractivity contribution is -0.0114. The van der Waals surface area contributed by atoms with Gasteiger partial charge in [-0.05, 0) is 80.5 Å². The monoisotopic (exact) mass is 448 g/mol. The Balaban J connectivity index is 1.41. The predicted octanol–water partition coefficient (Wildman–Crippen LogP) is 5.38. The molecule has 158 valence electrons. The Morgan fingerprint density at radius 2 is 1.43 bits per heavy atom. The van der Waals surface area contributed by atoms with Crippen LogP contribution in [0.1, 0.15) is 60.2 Å². The molecule has 0 aliphatic heterocycles. The van der Waals surface area contributed by atoms with Gasteiger partial charge in [-0.3, -0.25) is 9.59 Å². The zero-order valence-corrected chi connectivity index (χ0v) is 18.3. The van der Waals surface area contributed by atoms with E-state index in [2.05, 4.69) is 17.6 Å². The Hall–Kier alpha value is -2.11. The maximum absolute atomic E-state index is 13.1. The summed E-state index contributed by atoms with van der Waals surface area (Å²) >= 11 is 12.0. The highest BCUT2D eigenvalue weighted by molar-refractivity contribution is 6.42. The fourth-order valence-corrected chi connectivity index (χ4v) is 5.27. The van der Waals surface area contributed by atoms with Crippen molar-refractivity contribution >= 4 is 35.0 Å². The number of nitrogens with one attached hydrogen (secondary N) is 2. The van der Waals surface area contributed by atoms with Gasteiger partial charge in [0.1, 0.15) is 5.82 Å². The van der Waals surface area contributed by atoms with Gasteiger partial charge in [0.25, 0.3) is 11.8 Å². The lowest BCUT2D eigenvalue weighted by Gasteiger charge is -2.57. The molecule has 2 fully saturated rings. The molecular weight excluding hydrogens is 426 g/mol. The van der Waals surface area contributed by atoms with E-state index in [9.17, 15) is 14.0 Å². The molecule has 2 saturated carbocycles. The molecule has 2 aliphatic rings. The average Bonchev–Trinajstić information content (AvgIpc) is 3.44. The van der Waals surface area contributed by atoms with E-state index in [1.165, 1.54) is 24.3 Å². The topological polar surface area (TPSA) is 58.2 Å². The van der Waals surface area contributed by atoms with Gasteiger partial charge < -0.3 is 10.6 Å². The van der Waals surface area contributed by atoms with Gasteiger partial charge in [-0.15, -0.1) is 0 Å². The highest BCUT2D eigenvalue weighted by Crippen LogP contribution is 2.63. The molecule has 2 aromatic carbocycles. The van der Waals surface area contributed by atoms with Crippen LogP contribution in [0.2, 0.25) is 10.0 Å². The van der Waals surface area contributed by atoms with Gasteiger partial charge in [0.15, 0.2) is 0 Å². The number of halogens is 3. The minimum atomic E-state index is -0.368. The van der Waals surface area contributed by atoms with Crippen LogP contribution in [-0.2, 0) is 0 Å². The molecular formula is C23H23Cl2FN2O2. The standard InChI is InChI=1S/C23H23Cl2FN2O2/c1-21(23(9-10-23)28-19(29)14-3-6-16(26)7-4-14)12-22(2,13-21)27-20(30)15-5-8-17(24)18(25)11-15/h3-8,11H,9-10,12-13H2,1-2H3,(H,27,30)(H,28,29). The first-order valence-electron chi connectivity index (χ1n) is 9.91. The molecule has 2 amide bonds. The lowest BCUT2D eigenvalue weighted by atomic mass is 9.54. The van der Waals surface area contributed by atoms with Gasteiger partial charge in [-0.25, -0.2) is 4.39 Å². The number of carbonyl (C=O) groups excluding carboxylic acids is 2. The van der Waals surface area contributed by atoms with Crippen molar-refractivity contribution in [2.24, 2.45) is 5.41 Å². The molecule has 4 rings (SSSR count). The van der Waals surface area contributed by atoms with Crippen LogP contribution in [-0.4, -0.2) is 22.9 Å². The molecule has 2 N–H and O–H groups in total. The summed E-state index contributed by atoms with van der Waals surface area (Å²) in [7, 11) is 0. The third-order valence-electron chi connectivity index (χ3n) is 6.52. The van der Waals surface area contributed by atoms with Crippen LogP contribution in [0.3, 0.4) is 0 Å². The second-order valence-corrected chi connectivity index (χ2v) is 9.92. The molecule has 0 aromatic heterocycles. The van der Waals surface area contributed by atoms with Crippen LogP contribution in [0, 0.1) is 11.2 Å². The fraction of sp³-hybridized carbons (Fsp3) is 0.391. The number of rotatable bonds is 5. The molecule has 0 radical (unpaired) electrons. The van der Waals surface area contributed by atoms with Crippen LogP contribution < -0.4 is 10.6 Å². The summed E-state index contributed by atoms with van der Waals surface area (Å²) in [4.78, 5) is 25.3. The molecule has 0 saturated heterocycles. The summed E-state index contributed by atoms with van der Waals surface area (Å²) in [5.41, 5.74) is 0.134. The largest absolute Gasteiger partial charge is 0.347 e. The second-order valence-electron chi connectivity index (χ2n) is 9.10. The van der Waals surface area contributed by atoms with E-state index in [1.54, 1.807) is 18.2 Å². The zero-order chi connectivity index (χ0) is 21.7. The summed E-state index contributed by atoms with van der Waals surface area (Å²) in [5.74, 6) is -0.757. The first-order valence-corrected chi connectivity index (χ1v) is 10.7. The maximum Gasteiger partial charge on any atom is 0.251 e. The summed E-state index contributed by atoms with van der Waals surface area (Å²) in [6.07, 6.45) is 3.29. The Morgan fingerprint density at radius 3 is 2.00 bits per heavy atom. The highest BCUT2D eigenvalue weighted by atomic mass is 35.5. The first kappa shape index (κ1) is 21.1. The summed E-state index contributed by atoms with van der Waals surface area (Å²) in [6, 6.07) is 10.4. The van der Waals surface area contributed by atoms with Crippen molar-refractivity contribution < 1.29 is 14.0 Å². The Bertz CT molecular complexity index is 1010. The molecule has 0 atom stereocenters. The quantitative estimate of drug-likeness (QED) is 0.644. The summed E-state index contributed by atoms with van der Waals surface area (Å²) in [6.45, 7) is 4.17. The number of hydrogen-bond acceptors (Lipinski definition) is 2. The molecule has 2 aliphatic carbocycles. The van der Waals surface area contributed by atoms with Crippen LogP contribution in [0.4, 0.5) is 4.39 Å². The van der Waals surface area contributed by atoms with Gasteiger partial charge in [-0.1, -0.05) is 30.1 Å². The van der Waals surface area contributed by atoms with Gasteiger partial charge in [0, 0.05) is 22.2 Å². The predicted molar refractivity (Wildman–Crippen MR) is 116 cm³/mol. The van der Waals surface area contributed by atoms with Gasteiger partial charge in [-0.2, -0.15) is 0 Å². The summed E-state index contributed by atoms with van der Waals surface area (Å²) in [5, 5.41) is 7.03. The third kappa shape index (κ3) is 3.81. The summed E-state index contributed by atoms with van der Waals surface area (Å²) < 4.78 is 13.1. The van der Waals surface area contributed by atoms with E-state index >= 15 is 0 Å². The fourth-order valence-electron chi connectivity index (χ4n) is 4.98. The second kappa shape index (κ2) is 7.24. The average molecular weight is 449 g/mol. The van der Waals surface area contributed by atoms with E-state index in [1.807, 2.05) is 6.92 Å². The number of carbonyl (C=O) groups is 2. The van der Waals surface area contributed by atoms with Crippen molar-refractivity contribution in [1.29, 1.82) is 0 Å². The van der Waals surface area contributed by atoms with Crippen LogP contribution in [0.25, 0.3) is 0 Å². The van der Waals surface area contributed by atoms with Gasteiger partial charge in [0.05, 0.1) is 10.0 Å². The normalized spacial score (nSPS) is 26.4. The Morgan fingerprint density at radius 1 is 0.867 bits per heavy atom. The van der Waals surface area contributed by atoms with Gasteiger partial charge >= 0.3 is 0 Å². The van der Waals surface area contributed by atoms with Gasteiger partial charge in [0.2, 0.25) is 0 Å². The molecule has 0 bridgehead atoms. The first-order chi connectivity index (χ1) is 14.0. The molecule has 4 nitrogen and oxygen atoms in total. The lowest BCUT2D eigenvalue weighted by Crippen LogP contribution is -2.66. The molecule has 30 heavy (non-hydrogen) atoms. The molecule has 0 unspecified atom stereocenters. The molecule has 0 heterocycles. The third-order valence-corrected chi connectivity index (χ3v) is 7.26. The van der Waals surface area contributed by atoms with Crippen LogP contribution in [0.5, 0.6) is 0 Å². The van der Waals surface area contributed by atoms with Crippen molar-refractivity contribution in [2.45, 2.75) is 50.6 Å². The van der Waals surface area contributed by atoms with Crippen molar-refractivity contribution in [1.82, 2.24) is 10.6 Å². The van der Waals surface area contributed by atoms with E-state index in [4.69, 9.17) is 23.2 Å². The van der Waals surface area contributed by atoms with E-state index in [0.717, 1.165) is 25.7 Å². The van der Waals surface area contributed by atoms with Crippen LogP contribution in [0.15, 0.2) is 42.5 Å². The SMILES string of the molecule is CC1(NC(=O)c2ccc(Cl)c(Cl)c2)CC(C)(C2(NC(=O)c3ccc(F)cc3)CC2)C1. The van der Waals surface area contributed by atoms with Crippen molar-refractivity contribution in [3.05, 3.63) is 69.5 Å². The van der Waals surface area contributed by atoms with Crippen molar-refractivity contribution in [3.8, 4) is 0 Å². The number of amides is 2. The van der Waals surface area contributed by atoms with E-state index in [-0.39, 0.29) is 34.1 Å². The maximum atomic E-state index is 13.1. The van der Waals surface area contributed by atoms with Crippen LogP contribution >= 0.6 is 23.2 Å². The molecule has 2 aromatic rings. The molecule has 0 spiro atoms. The number of hydrogen-bond donors (Lipinski definition) is 2. The smallest absolute Gasteiger partial charge is 0.251 e. The Labute approximate surface area is 185 Å². The van der Waals surface area contributed by atoms with E-state index < -0.39 is 0 Å². The Kier molecular flexibility index (Phi) is 5.10. The van der Waals surface area contributed by atoms with Crippen molar-refractivity contribution in [2.75, 3.05) is 0 Å². The number of benzene rings is 2. The molecule has 7 heteroatoms. The minimum Gasteiger partial charge on any atom is -0.347 e. The highest BCUT2D eigenvalue weighted by Gasteiger charge is 2.66. The van der Waals surface area contributed by atoms with E-state index in [0.29, 0.717) is 21.2 Å².